The smallest absolute Gasteiger partial charge is 0.307 e. The third-order valence-corrected chi connectivity index (χ3v) is 4.71. The number of likely N-dealkylation sites (tertiary alicyclic amines) is 1. The lowest BCUT2D eigenvalue weighted by Gasteiger charge is -2.26. The molecule has 2 heterocycles. The summed E-state index contributed by atoms with van der Waals surface area (Å²) >= 11 is 0. The number of hydrogen-bond acceptors (Lipinski definition) is 5. The van der Waals surface area contributed by atoms with Crippen LogP contribution in [0.5, 0.6) is 5.75 Å². The second kappa shape index (κ2) is 8.46. The first-order chi connectivity index (χ1) is 11.7. The quantitative estimate of drug-likeness (QED) is 0.811. The first-order valence-corrected chi connectivity index (χ1v) is 8.68. The zero-order chi connectivity index (χ0) is 16.8. The lowest BCUT2D eigenvalue weighted by atomic mass is 10.1. The molecule has 1 aromatic carbocycles. The third-order valence-electron chi connectivity index (χ3n) is 4.71. The summed E-state index contributed by atoms with van der Waals surface area (Å²) in [4.78, 5) is 15.6. The van der Waals surface area contributed by atoms with Crippen molar-refractivity contribution in [1.29, 1.82) is 0 Å². The van der Waals surface area contributed by atoms with Crippen LogP contribution >= 0.6 is 0 Å². The van der Waals surface area contributed by atoms with Gasteiger partial charge in [0.05, 0.1) is 19.1 Å². The van der Waals surface area contributed by atoms with Crippen LogP contribution < -0.4 is 4.74 Å². The van der Waals surface area contributed by atoms with Gasteiger partial charge in [-0.25, -0.2) is 0 Å². The minimum absolute atomic E-state index is 0.224. The molecule has 0 amide bonds. The van der Waals surface area contributed by atoms with Crippen molar-refractivity contribution in [1.82, 2.24) is 9.80 Å². The van der Waals surface area contributed by atoms with Gasteiger partial charge in [-0.1, -0.05) is 12.1 Å². The third kappa shape index (κ3) is 4.93. The van der Waals surface area contributed by atoms with E-state index in [2.05, 4.69) is 21.9 Å². The number of nitrogens with zero attached hydrogens (tertiary/aromatic N) is 2. The molecule has 132 valence electrons. The zero-order valence-corrected chi connectivity index (χ0v) is 14.0. The van der Waals surface area contributed by atoms with E-state index in [-0.39, 0.29) is 5.92 Å². The number of benzene rings is 1. The van der Waals surface area contributed by atoms with Gasteiger partial charge in [0.1, 0.15) is 12.4 Å². The van der Waals surface area contributed by atoms with Gasteiger partial charge in [-0.2, -0.15) is 0 Å². The van der Waals surface area contributed by atoms with Crippen LogP contribution in [0.1, 0.15) is 12.0 Å². The normalized spacial score (nSPS) is 22.6. The molecule has 2 aliphatic heterocycles. The van der Waals surface area contributed by atoms with Crippen LogP contribution in [0.25, 0.3) is 0 Å². The van der Waals surface area contributed by atoms with E-state index in [1.807, 2.05) is 12.1 Å². The Labute approximate surface area is 143 Å². The minimum Gasteiger partial charge on any atom is -0.492 e. The molecule has 2 aliphatic rings. The number of aliphatic carboxylic acids is 1. The average molecular weight is 334 g/mol. The van der Waals surface area contributed by atoms with Gasteiger partial charge in [-0.3, -0.25) is 14.6 Å². The highest BCUT2D eigenvalue weighted by Gasteiger charge is 2.27. The van der Waals surface area contributed by atoms with Gasteiger partial charge in [-0.05, 0) is 30.7 Å². The predicted molar refractivity (Wildman–Crippen MR) is 90.2 cm³/mol. The molecular formula is C18H26N2O4. The Balaban J connectivity index is 1.44. The molecule has 0 aliphatic carbocycles. The Morgan fingerprint density at radius 3 is 2.83 bits per heavy atom. The van der Waals surface area contributed by atoms with Crippen molar-refractivity contribution in [2.75, 3.05) is 52.5 Å². The maximum absolute atomic E-state index is 11.0. The zero-order valence-electron chi connectivity index (χ0n) is 14.0. The highest BCUT2D eigenvalue weighted by atomic mass is 16.5. The lowest BCUT2D eigenvalue weighted by molar-refractivity contribution is -0.141. The van der Waals surface area contributed by atoms with E-state index in [9.17, 15) is 4.79 Å². The van der Waals surface area contributed by atoms with Crippen molar-refractivity contribution in [3.05, 3.63) is 29.8 Å². The Morgan fingerprint density at radius 1 is 1.25 bits per heavy atom. The van der Waals surface area contributed by atoms with Crippen molar-refractivity contribution >= 4 is 5.97 Å². The van der Waals surface area contributed by atoms with Crippen molar-refractivity contribution < 1.29 is 19.4 Å². The maximum Gasteiger partial charge on any atom is 0.307 e. The topological polar surface area (TPSA) is 62.2 Å². The van der Waals surface area contributed by atoms with Gasteiger partial charge in [0, 0.05) is 32.7 Å². The highest BCUT2D eigenvalue weighted by molar-refractivity contribution is 5.70. The van der Waals surface area contributed by atoms with Gasteiger partial charge in [0.2, 0.25) is 0 Å². The Bertz CT molecular complexity index is 546. The molecule has 3 rings (SSSR count). The molecule has 2 fully saturated rings. The van der Waals surface area contributed by atoms with Gasteiger partial charge >= 0.3 is 5.97 Å². The number of hydrogen-bond donors (Lipinski definition) is 1. The SMILES string of the molecule is O=C(O)C1CCN(Cc2cccc(OCCN3CCOCC3)c2)C1. The summed E-state index contributed by atoms with van der Waals surface area (Å²) in [6, 6.07) is 8.12. The molecule has 6 nitrogen and oxygen atoms in total. The molecule has 1 unspecified atom stereocenters. The molecular weight excluding hydrogens is 308 g/mol. The minimum atomic E-state index is -0.683. The fourth-order valence-electron chi connectivity index (χ4n) is 3.29. The fraction of sp³-hybridized carbons (Fsp3) is 0.611. The molecule has 6 heteroatoms. The number of rotatable bonds is 7. The summed E-state index contributed by atoms with van der Waals surface area (Å²) in [6.07, 6.45) is 0.741. The fourth-order valence-corrected chi connectivity index (χ4v) is 3.29. The van der Waals surface area contributed by atoms with E-state index >= 15 is 0 Å². The molecule has 24 heavy (non-hydrogen) atoms. The van der Waals surface area contributed by atoms with Crippen LogP contribution in [0.3, 0.4) is 0 Å². The van der Waals surface area contributed by atoms with Crippen molar-refractivity contribution in [3.8, 4) is 5.75 Å². The van der Waals surface area contributed by atoms with Crippen molar-refractivity contribution in [2.24, 2.45) is 5.92 Å². The van der Waals surface area contributed by atoms with Crippen LogP contribution in [0.15, 0.2) is 24.3 Å². The molecule has 0 spiro atoms. The van der Waals surface area contributed by atoms with Gasteiger partial charge < -0.3 is 14.6 Å². The van der Waals surface area contributed by atoms with E-state index in [1.165, 1.54) is 5.56 Å². The van der Waals surface area contributed by atoms with E-state index in [0.29, 0.717) is 13.2 Å². The Kier molecular flexibility index (Phi) is 6.07. The molecule has 0 bridgehead atoms. The summed E-state index contributed by atoms with van der Waals surface area (Å²) in [6.45, 7) is 7.42. The second-order valence-electron chi connectivity index (χ2n) is 6.51. The van der Waals surface area contributed by atoms with E-state index < -0.39 is 5.97 Å². The van der Waals surface area contributed by atoms with E-state index in [0.717, 1.165) is 58.1 Å². The van der Waals surface area contributed by atoms with Gasteiger partial charge in [0.25, 0.3) is 0 Å². The van der Waals surface area contributed by atoms with Crippen molar-refractivity contribution in [2.45, 2.75) is 13.0 Å². The standard InChI is InChI=1S/C18H26N2O4/c21-18(22)16-4-5-20(14-16)13-15-2-1-3-17(12-15)24-11-8-19-6-9-23-10-7-19/h1-3,12,16H,4-11,13-14H2,(H,21,22). The van der Waals surface area contributed by atoms with Crippen LogP contribution in [-0.4, -0.2) is 73.4 Å². The highest BCUT2D eigenvalue weighted by Crippen LogP contribution is 2.21. The molecule has 2 saturated heterocycles. The van der Waals surface area contributed by atoms with Crippen LogP contribution in [0, 0.1) is 5.92 Å². The predicted octanol–water partition coefficient (Wildman–Crippen LogP) is 1.30. The Morgan fingerprint density at radius 2 is 2.08 bits per heavy atom. The number of carboxylic acid groups (broad SMARTS) is 1. The monoisotopic (exact) mass is 334 g/mol. The summed E-state index contributed by atoms with van der Waals surface area (Å²) in [5.41, 5.74) is 1.17. The number of morpholine rings is 1. The molecule has 1 aromatic rings. The lowest BCUT2D eigenvalue weighted by Crippen LogP contribution is -2.38. The largest absolute Gasteiger partial charge is 0.492 e. The summed E-state index contributed by atoms with van der Waals surface area (Å²) in [5, 5.41) is 9.09. The number of ether oxygens (including phenoxy) is 2. The molecule has 0 saturated carbocycles. The summed E-state index contributed by atoms with van der Waals surface area (Å²) in [7, 11) is 0. The Hall–Kier alpha value is -1.63. The average Bonchev–Trinajstić information content (AvgIpc) is 3.05. The van der Waals surface area contributed by atoms with E-state index in [1.54, 1.807) is 0 Å². The first-order valence-electron chi connectivity index (χ1n) is 8.68. The molecule has 1 atom stereocenters. The second-order valence-corrected chi connectivity index (χ2v) is 6.51. The molecule has 0 radical (unpaired) electrons. The van der Waals surface area contributed by atoms with Crippen molar-refractivity contribution in [3.63, 3.8) is 0 Å². The molecule has 1 N–H and O–H groups in total. The summed E-state index contributed by atoms with van der Waals surface area (Å²) < 4.78 is 11.2. The molecule has 0 aromatic heterocycles. The summed E-state index contributed by atoms with van der Waals surface area (Å²) in [5.74, 6) is -0.0228. The number of carbonyl (C=O) groups is 1. The van der Waals surface area contributed by atoms with Gasteiger partial charge in [0.15, 0.2) is 0 Å². The maximum atomic E-state index is 11.0. The number of carboxylic acids is 1. The van der Waals surface area contributed by atoms with Crippen LogP contribution in [-0.2, 0) is 16.1 Å². The van der Waals surface area contributed by atoms with E-state index in [4.69, 9.17) is 14.6 Å². The first kappa shape index (κ1) is 17.2. The van der Waals surface area contributed by atoms with Crippen LogP contribution in [0.4, 0.5) is 0 Å². The van der Waals surface area contributed by atoms with Gasteiger partial charge in [-0.15, -0.1) is 0 Å². The van der Waals surface area contributed by atoms with Crippen LogP contribution in [0.2, 0.25) is 0 Å².